The first-order valence-electron chi connectivity index (χ1n) is 6.02. The summed E-state index contributed by atoms with van der Waals surface area (Å²) in [7, 11) is 0. The van der Waals surface area contributed by atoms with Crippen LogP contribution in [0.1, 0.15) is 46.0 Å². The van der Waals surface area contributed by atoms with Gasteiger partial charge in [0.25, 0.3) is 0 Å². The highest BCUT2D eigenvalue weighted by molar-refractivity contribution is 6.00. The summed E-state index contributed by atoms with van der Waals surface area (Å²) >= 11 is 0. The third-order valence-electron chi connectivity index (χ3n) is 3.04. The number of ether oxygens (including phenoxy) is 2. The van der Waals surface area contributed by atoms with Gasteiger partial charge in [0, 0.05) is 0 Å². The van der Waals surface area contributed by atoms with Crippen LogP contribution in [0.5, 0.6) is 0 Å². The summed E-state index contributed by atoms with van der Waals surface area (Å²) < 4.78 is 10.0. The first kappa shape index (κ1) is 13.0. The van der Waals surface area contributed by atoms with E-state index in [0.29, 0.717) is 26.1 Å². The Labute approximate surface area is 96.3 Å². The average Bonchev–Trinajstić information content (AvgIpc) is 2.30. The predicted molar refractivity (Wildman–Crippen MR) is 58.8 cm³/mol. The van der Waals surface area contributed by atoms with Crippen molar-refractivity contribution in [1.82, 2.24) is 0 Å². The van der Waals surface area contributed by atoms with E-state index in [4.69, 9.17) is 9.47 Å². The van der Waals surface area contributed by atoms with E-state index in [-0.39, 0.29) is 0 Å². The molecule has 1 aliphatic carbocycles. The summed E-state index contributed by atoms with van der Waals surface area (Å²) in [6.45, 7) is 4.11. The lowest BCUT2D eigenvalue weighted by Crippen LogP contribution is -2.43. The van der Waals surface area contributed by atoms with Crippen LogP contribution in [0.4, 0.5) is 0 Å². The van der Waals surface area contributed by atoms with Crippen LogP contribution in [-0.4, -0.2) is 25.2 Å². The van der Waals surface area contributed by atoms with Crippen molar-refractivity contribution < 1.29 is 19.1 Å². The standard InChI is InChI=1S/C12H20O4/c1-3-15-10(13)12(11(14)16-4-2)8-6-5-7-9-12/h3-9H2,1-2H3. The first-order valence-corrected chi connectivity index (χ1v) is 6.02. The van der Waals surface area contributed by atoms with Crippen LogP contribution in [0.2, 0.25) is 0 Å². The van der Waals surface area contributed by atoms with Crippen LogP contribution in [0.25, 0.3) is 0 Å². The van der Waals surface area contributed by atoms with Gasteiger partial charge in [-0.15, -0.1) is 0 Å². The largest absolute Gasteiger partial charge is 0.465 e. The van der Waals surface area contributed by atoms with Gasteiger partial charge in [0.15, 0.2) is 5.41 Å². The molecule has 1 fully saturated rings. The molecule has 1 saturated carbocycles. The zero-order chi connectivity index (χ0) is 12.0. The molecule has 4 heteroatoms. The number of carbonyl (C=O) groups excluding carboxylic acids is 2. The maximum absolute atomic E-state index is 11.9. The van der Waals surface area contributed by atoms with Gasteiger partial charge < -0.3 is 9.47 Å². The Morgan fingerprint density at radius 2 is 1.38 bits per heavy atom. The van der Waals surface area contributed by atoms with Crippen molar-refractivity contribution in [3.63, 3.8) is 0 Å². The smallest absolute Gasteiger partial charge is 0.323 e. The Morgan fingerprint density at radius 3 is 1.75 bits per heavy atom. The van der Waals surface area contributed by atoms with E-state index < -0.39 is 17.4 Å². The van der Waals surface area contributed by atoms with Crippen molar-refractivity contribution in [3.8, 4) is 0 Å². The Hall–Kier alpha value is -1.06. The summed E-state index contributed by atoms with van der Waals surface area (Å²) in [6.07, 6.45) is 3.96. The van der Waals surface area contributed by atoms with Crippen molar-refractivity contribution in [2.24, 2.45) is 5.41 Å². The van der Waals surface area contributed by atoms with E-state index in [1.165, 1.54) is 0 Å². The number of carbonyl (C=O) groups is 2. The fourth-order valence-corrected chi connectivity index (χ4v) is 2.19. The third-order valence-corrected chi connectivity index (χ3v) is 3.04. The molecular weight excluding hydrogens is 208 g/mol. The predicted octanol–water partition coefficient (Wildman–Crippen LogP) is 2.06. The quantitative estimate of drug-likeness (QED) is 0.546. The van der Waals surface area contributed by atoms with E-state index in [2.05, 4.69) is 0 Å². The van der Waals surface area contributed by atoms with Gasteiger partial charge in [0.1, 0.15) is 0 Å². The van der Waals surface area contributed by atoms with Crippen LogP contribution in [0, 0.1) is 5.41 Å². The van der Waals surface area contributed by atoms with Gasteiger partial charge in [-0.3, -0.25) is 9.59 Å². The van der Waals surface area contributed by atoms with E-state index >= 15 is 0 Å². The SMILES string of the molecule is CCOC(=O)C1(C(=O)OCC)CCCCC1. The molecule has 0 atom stereocenters. The van der Waals surface area contributed by atoms with Gasteiger partial charge >= 0.3 is 11.9 Å². The van der Waals surface area contributed by atoms with Crippen LogP contribution < -0.4 is 0 Å². The molecule has 0 saturated heterocycles. The van der Waals surface area contributed by atoms with Gasteiger partial charge in [0.2, 0.25) is 0 Å². The lowest BCUT2D eigenvalue weighted by atomic mass is 9.74. The average molecular weight is 228 g/mol. The lowest BCUT2D eigenvalue weighted by molar-refractivity contribution is -0.174. The minimum atomic E-state index is -1.02. The molecule has 0 aromatic heterocycles. The summed E-state index contributed by atoms with van der Waals surface area (Å²) in [5.74, 6) is -0.818. The van der Waals surface area contributed by atoms with Crippen molar-refractivity contribution in [3.05, 3.63) is 0 Å². The van der Waals surface area contributed by atoms with Crippen molar-refractivity contribution in [2.75, 3.05) is 13.2 Å². The molecule has 92 valence electrons. The Kier molecular flexibility index (Phi) is 4.77. The van der Waals surface area contributed by atoms with Gasteiger partial charge in [-0.25, -0.2) is 0 Å². The minimum Gasteiger partial charge on any atom is -0.465 e. The van der Waals surface area contributed by atoms with Crippen LogP contribution >= 0.6 is 0 Å². The summed E-state index contributed by atoms with van der Waals surface area (Å²) in [4.78, 5) is 23.8. The Morgan fingerprint density at radius 1 is 0.938 bits per heavy atom. The molecule has 0 heterocycles. The van der Waals surface area contributed by atoms with Gasteiger partial charge in [-0.2, -0.15) is 0 Å². The zero-order valence-corrected chi connectivity index (χ0v) is 10.1. The maximum Gasteiger partial charge on any atom is 0.323 e. The van der Waals surface area contributed by atoms with Crippen molar-refractivity contribution in [2.45, 2.75) is 46.0 Å². The fraction of sp³-hybridized carbons (Fsp3) is 0.833. The van der Waals surface area contributed by atoms with E-state index in [1.54, 1.807) is 13.8 Å². The summed E-state index contributed by atoms with van der Waals surface area (Å²) in [5.41, 5.74) is -1.02. The molecule has 4 nitrogen and oxygen atoms in total. The number of hydrogen-bond donors (Lipinski definition) is 0. The molecule has 0 aliphatic heterocycles. The Balaban J connectivity index is 2.82. The second-order valence-electron chi connectivity index (χ2n) is 4.08. The second kappa shape index (κ2) is 5.87. The molecule has 1 rings (SSSR count). The monoisotopic (exact) mass is 228 g/mol. The number of rotatable bonds is 4. The number of hydrogen-bond acceptors (Lipinski definition) is 4. The normalized spacial score (nSPS) is 18.9. The number of esters is 2. The fourth-order valence-electron chi connectivity index (χ4n) is 2.19. The van der Waals surface area contributed by atoms with E-state index in [1.807, 2.05) is 0 Å². The zero-order valence-electron chi connectivity index (χ0n) is 10.1. The molecule has 0 bridgehead atoms. The van der Waals surface area contributed by atoms with Crippen LogP contribution in [0.3, 0.4) is 0 Å². The highest BCUT2D eigenvalue weighted by Crippen LogP contribution is 2.38. The first-order chi connectivity index (χ1) is 7.67. The molecular formula is C12H20O4. The van der Waals surface area contributed by atoms with Gasteiger partial charge in [0.05, 0.1) is 13.2 Å². The molecule has 0 spiro atoms. The molecule has 0 aromatic rings. The van der Waals surface area contributed by atoms with Crippen molar-refractivity contribution in [1.29, 1.82) is 0 Å². The van der Waals surface area contributed by atoms with Crippen LogP contribution in [-0.2, 0) is 19.1 Å². The van der Waals surface area contributed by atoms with Gasteiger partial charge in [-0.1, -0.05) is 19.3 Å². The second-order valence-corrected chi connectivity index (χ2v) is 4.08. The highest BCUT2D eigenvalue weighted by atomic mass is 16.6. The molecule has 1 aliphatic rings. The maximum atomic E-state index is 11.9. The highest BCUT2D eigenvalue weighted by Gasteiger charge is 2.49. The molecule has 0 aromatic carbocycles. The minimum absolute atomic E-state index is 0.306. The third kappa shape index (κ3) is 2.54. The van der Waals surface area contributed by atoms with Crippen molar-refractivity contribution >= 4 is 11.9 Å². The topological polar surface area (TPSA) is 52.6 Å². The Bertz CT molecular complexity index is 234. The lowest BCUT2D eigenvalue weighted by Gasteiger charge is -2.32. The molecule has 0 radical (unpaired) electrons. The summed E-state index contributed by atoms with van der Waals surface area (Å²) in [5, 5.41) is 0. The molecule has 16 heavy (non-hydrogen) atoms. The van der Waals surface area contributed by atoms with Crippen LogP contribution in [0.15, 0.2) is 0 Å². The van der Waals surface area contributed by atoms with E-state index in [9.17, 15) is 9.59 Å². The molecule has 0 amide bonds. The van der Waals surface area contributed by atoms with Gasteiger partial charge in [-0.05, 0) is 26.7 Å². The van der Waals surface area contributed by atoms with E-state index in [0.717, 1.165) is 19.3 Å². The molecule has 0 unspecified atom stereocenters. The molecule has 0 N–H and O–H groups in total. The summed E-state index contributed by atoms with van der Waals surface area (Å²) in [6, 6.07) is 0.